The highest BCUT2D eigenvalue weighted by Crippen LogP contribution is 2.33. The van der Waals surface area contributed by atoms with Crippen molar-refractivity contribution in [2.75, 3.05) is 0 Å². The van der Waals surface area contributed by atoms with E-state index in [0.29, 0.717) is 22.3 Å². The maximum absolute atomic E-state index is 13.0. The van der Waals surface area contributed by atoms with Gasteiger partial charge in [0.2, 0.25) is 0 Å². The molecule has 3 aromatic rings. The highest BCUT2D eigenvalue weighted by atomic mass is 32.2. The van der Waals surface area contributed by atoms with Crippen LogP contribution in [0.15, 0.2) is 71.1 Å². The number of carbonyl (C=O) groups excluding carboxylic acids is 1. The Kier molecular flexibility index (Phi) is 4.88. The quantitative estimate of drug-likeness (QED) is 0.493. The molecule has 28 heavy (non-hydrogen) atoms. The number of para-hydroxylation sites is 1. The lowest BCUT2D eigenvalue weighted by molar-refractivity contribution is -0.115. The van der Waals surface area contributed by atoms with E-state index in [1.165, 1.54) is 23.9 Å². The molecule has 4 nitrogen and oxygen atoms in total. The standard InChI is InChI=1S/C22H18FN3OS/c1-3-12-26-14(2)18(17-6-4-5-7-19(17)26)13-20-21(27)25-22(28-20)24-16-10-8-15(23)9-11-16/h3-11,13H,1,12H2,2H3,(H,24,25,27)/b20-13-. The van der Waals surface area contributed by atoms with E-state index in [1.807, 2.05) is 31.2 Å². The Labute approximate surface area is 166 Å². The SMILES string of the molecule is C=CCn1c(C)c(/C=C2\SC(=Nc3ccc(F)cc3)NC2=O)c2ccccc21. The van der Waals surface area contributed by atoms with Crippen LogP contribution in [-0.2, 0) is 11.3 Å². The first kappa shape index (κ1) is 18.3. The number of nitrogens with one attached hydrogen (secondary N) is 1. The second kappa shape index (κ2) is 7.48. The molecule has 0 aliphatic carbocycles. The molecule has 1 aliphatic heterocycles. The van der Waals surface area contributed by atoms with Gasteiger partial charge < -0.3 is 9.88 Å². The summed E-state index contributed by atoms with van der Waals surface area (Å²) < 4.78 is 15.2. The summed E-state index contributed by atoms with van der Waals surface area (Å²) in [5, 5.41) is 4.35. The summed E-state index contributed by atoms with van der Waals surface area (Å²) in [5.74, 6) is -0.509. The predicted molar refractivity (Wildman–Crippen MR) is 114 cm³/mol. The number of amides is 1. The predicted octanol–water partition coefficient (Wildman–Crippen LogP) is 5.17. The third-order valence-corrected chi connectivity index (χ3v) is 5.48. The molecule has 6 heteroatoms. The van der Waals surface area contributed by atoms with Crippen molar-refractivity contribution in [1.29, 1.82) is 0 Å². The number of nitrogens with zero attached hydrogens (tertiary/aromatic N) is 2. The van der Waals surface area contributed by atoms with Crippen LogP contribution in [0.5, 0.6) is 0 Å². The molecule has 140 valence electrons. The van der Waals surface area contributed by atoms with Gasteiger partial charge >= 0.3 is 0 Å². The number of thioether (sulfide) groups is 1. The summed E-state index contributed by atoms with van der Waals surface area (Å²) >= 11 is 1.28. The van der Waals surface area contributed by atoms with Crippen molar-refractivity contribution >= 4 is 45.5 Å². The second-order valence-corrected chi connectivity index (χ2v) is 7.40. The van der Waals surface area contributed by atoms with E-state index in [0.717, 1.165) is 22.2 Å². The number of benzene rings is 2. The van der Waals surface area contributed by atoms with Gasteiger partial charge in [-0.2, -0.15) is 0 Å². The second-order valence-electron chi connectivity index (χ2n) is 6.37. The molecule has 4 rings (SSSR count). The number of aliphatic imine (C=N–C) groups is 1. The van der Waals surface area contributed by atoms with Crippen LogP contribution < -0.4 is 5.32 Å². The first-order valence-electron chi connectivity index (χ1n) is 8.80. The van der Waals surface area contributed by atoms with Crippen molar-refractivity contribution in [3.8, 4) is 0 Å². The van der Waals surface area contributed by atoms with Gasteiger partial charge in [-0.05, 0) is 55.1 Å². The Morgan fingerprint density at radius 2 is 1.96 bits per heavy atom. The Balaban J connectivity index is 1.72. The van der Waals surface area contributed by atoms with Crippen LogP contribution in [0, 0.1) is 12.7 Å². The maximum atomic E-state index is 13.0. The molecule has 2 aromatic carbocycles. The number of hydrogen-bond acceptors (Lipinski definition) is 3. The normalized spacial score (nSPS) is 16.9. The van der Waals surface area contributed by atoms with Crippen LogP contribution in [-0.4, -0.2) is 15.6 Å². The molecule has 1 amide bonds. The zero-order valence-electron chi connectivity index (χ0n) is 15.3. The molecule has 0 spiro atoms. The number of aromatic nitrogens is 1. The smallest absolute Gasteiger partial charge is 0.264 e. The third-order valence-electron chi connectivity index (χ3n) is 4.57. The highest BCUT2D eigenvalue weighted by molar-refractivity contribution is 8.18. The van der Waals surface area contributed by atoms with Gasteiger partial charge in [0.15, 0.2) is 5.17 Å². The number of carbonyl (C=O) groups is 1. The molecule has 1 N–H and O–H groups in total. The van der Waals surface area contributed by atoms with Crippen molar-refractivity contribution in [1.82, 2.24) is 9.88 Å². The van der Waals surface area contributed by atoms with E-state index >= 15 is 0 Å². The van der Waals surface area contributed by atoms with Gasteiger partial charge in [0.25, 0.3) is 5.91 Å². The Morgan fingerprint density at radius 3 is 2.71 bits per heavy atom. The summed E-state index contributed by atoms with van der Waals surface area (Å²) in [6, 6.07) is 13.9. The molecule has 2 heterocycles. The molecule has 0 saturated carbocycles. The van der Waals surface area contributed by atoms with Gasteiger partial charge in [-0.1, -0.05) is 24.3 Å². The zero-order valence-corrected chi connectivity index (χ0v) is 16.1. The molecule has 1 saturated heterocycles. The van der Waals surface area contributed by atoms with Crippen LogP contribution in [0.4, 0.5) is 10.1 Å². The maximum Gasteiger partial charge on any atom is 0.264 e. The number of rotatable bonds is 4. The fourth-order valence-corrected chi connectivity index (χ4v) is 4.07. The van der Waals surface area contributed by atoms with Gasteiger partial charge in [-0.25, -0.2) is 9.38 Å². The largest absolute Gasteiger partial charge is 0.340 e. The Bertz CT molecular complexity index is 1140. The van der Waals surface area contributed by atoms with Crippen molar-refractivity contribution in [2.45, 2.75) is 13.5 Å². The van der Waals surface area contributed by atoms with E-state index in [1.54, 1.807) is 12.1 Å². The molecule has 1 aromatic heterocycles. The van der Waals surface area contributed by atoms with Crippen LogP contribution in [0.25, 0.3) is 17.0 Å². The summed E-state index contributed by atoms with van der Waals surface area (Å²) in [5.41, 5.74) is 3.78. The zero-order chi connectivity index (χ0) is 19.7. The van der Waals surface area contributed by atoms with E-state index in [9.17, 15) is 9.18 Å². The van der Waals surface area contributed by atoms with Crippen LogP contribution in [0.2, 0.25) is 0 Å². The summed E-state index contributed by atoms with van der Waals surface area (Å²) in [4.78, 5) is 17.4. The van der Waals surface area contributed by atoms with Crippen molar-refractivity contribution in [3.63, 3.8) is 0 Å². The van der Waals surface area contributed by atoms with Gasteiger partial charge in [0.05, 0.1) is 10.6 Å². The fourth-order valence-electron chi connectivity index (χ4n) is 3.25. The van der Waals surface area contributed by atoms with E-state index in [-0.39, 0.29) is 11.7 Å². The highest BCUT2D eigenvalue weighted by Gasteiger charge is 2.25. The fraction of sp³-hybridized carbons (Fsp3) is 0.0909. The molecule has 0 bridgehead atoms. The van der Waals surface area contributed by atoms with E-state index in [4.69, 9.17) is 0 Å². The lowest BCUT2D eigenvalue weighted by atomic mass is 10.1. The molecular weight excluding hydrogens is 373 g/mol. The first-order chi connectivity index (χ1) is 13.6. The first-order valence-corrected chi connectivity index (χ1v) is 9.62. The molecular formula is C22H18FN3OS. The van der Waals surface area contributed by atoms with E-state index in [2.05, 4.69) is 33.6 Å². The van der Waals surface area contributed by atoms with Gasteiger partial charge in [0.1, 0.15) is 5.82 Å². The molecule has 1 fully saturated rings. The van der Waals surface area contributed by atoms with Crippen LogP contribution in [0.3, 0.4) is 0 Å². The molecule has 1 aliphatic rings. The summed E-state index contributed by atoms with van der Waals surface area (Å²) in [6.07, 6.45) is 3.77. The third kappa shape index (κ3) is 3.39. The summed E-state index contributed by atoms with van der Waals surface area (Å²) in [6.45, 7) is 6.58. The molecule has 0 radical (unpaired) electrons. The minimum absolute atomic E-state index is 0.189. The number of fused-ring (bicyclic) bond motifs is 1. The monoisotopic (exact) mass is 391 g/mol. The number of allylic oxidation sites excluding steroid dienone is 1. The Morgan fingerprint density at radius 1 is 1.21 bits per heavy atom. The summed E-state index contributed by atoms with van der Waals surface area (Å²) in [7, 11) is 0. The van der Waals surface area contributed by atoms with Crippen LogP contribution >= 0.6 is 11.8 Å². The average Bonchev–Trinajstić information content (AvgIpc) is 3.16. The molecule has 0 unspecified atom stereocenters. The lowest BCUT2D eigenvalue weighted by Crippen LogP contribution is -2.19. The van der Waals surface area contributed by atoms with Gasteiger partial charge in [-0.15, -0.1) is 6.58 Å². The number of halogens is 1. The number of amidine groups is 1. The van der Waals surface area contributed by atoms with Crippen molar-refractivity contribution in [3.05, 3.63) is 83.2 Å². The van der Waals surface area contributed by atoms with Crippen molar-refractivity contribution < 1.29 is 9.18 Å². The molecule has 0 atom stereocenters. The van der Waals surface area contributed by atoms with Gasteiger partial charge in [0, 0.05) is 28.7 Å². The van der Waals surface area contributed by atoms with Crippen LogP contribution in [0.1, 0.15) is 11.3 Å². The average molecular weight is 391 g/mol. The van der Waals surface area contributed by atoms with Gasteiger partial charge in [-0.3, -0.25) is 4.79 Å². The number of hydrogen-bond donors (Lipinski definition) is 1. The topological polar surface area (TPSA) is 46.4 Å². The Hall–Kier alpha value is -3.12. The van der Waals surface area contributed by atoms with Crippen molar-refractivity contribution in [2.24, 2.45) is 4.99 Å². The minimum atomic E-state index is -0.320. The van der Waals surface area contributed by atoms with E-state index < -0.39 is 0 Å². The lowest BCUT2D eigenvalue weighted by Gasteiger charge is -2.04. The minimum Gasteiger partial charge on any atom is -0.340 e.